The molecule has 13 heavy (non-hydrogen) atoms. The van der Waals surface area contributed by atoms with Crippen LogP contribution in [0.15, 0.2) is 0 Å². The second kappa shape index (κ2) is 5.58. The van der Waals surface area contributed by atoms with Gasteiger partial charge < -0.3 is 16.4 Å². The van der Waals surface area contributed by atoms with Crippen molar-refractivity contribution in [1.29, 1.82) is 0 Å². The van der Waals surface area contributed by atoms with Crippen molar-refractivity contribution in [3.63, 3.8) is 0 Å². The fourth-order valence-corrected chi connectivity index (χ4v) is 1.46. The van der Waals surface area contributed by atoms with E-state index in [1.807, 2.05) is 0 Å². The zero-order chi connectivity index (χ0) is 10.5. The van der Waals surface area contributed by atoms with Crippen molar-refractivity contribution in [2.75, 3.05) is 26.2 Å². The fourth-order valence-electron chi connectivity index (χ4n) is 1.46. The Hall–Kier alpha value is -0.120. The molecule has 4 N–H and O–H groups in total. The van der Waals surface area contributed by atoms with Gasteiger partial charge in [-0.05, 0) is 18.5 Å². The van der Waals surface area contributed by atoms with Crippen LogP contribution in [0.5, 0.6) is 0 Å². The summed E-state index contributed by atoms with van der Waals surface area (Å²) in [5.41, 5.74) is 11.6. The molecule has 0 amide bonds. The normalized spacial score (nSPS) is 15.0. The molecule has 3 heteroatoms. The highest BCUT2D eigenvalue weighted by Gasteiger charge is 2.26. The van der Waals surface area contributed by atoms with Crippen LogP contribution in [0, 0.1) is 5.41 Å². The van der Waals surface area contributed by atoms with Crippen molar-refractivity contribution in [1.82, 2.24) is 4.90 Å². The predicted molar refractivity (Wildman–Crippen MR) is 58.6 cm³/mol. The van der Waals surface area contributed by atoms with Crippen molar-refractivity contribution in [2.45, 2.75) is 33.7 Å². The van der Waals surface area contributed by atoms with Crippen LogP contribution < -0.4 is 11.5 Å². The molecular weight excluding hydrogens is 162 g/mol. The lowest BCUT2D eigenvalue weighted by molar-refractivity contribution is 0.165. The van der Waals surface area contributed by atoms with Crippen molar-refractivity contribution >= 4 is 0 Å². The van der Waals surface area contributed by atoms with Gasteiger partial charge in [0.25, 0.3) is 0 Å². The average Bonchev–Trinajstić information content (AvgIpc) is 2.12. The molecule has 0 aliphatic heterocycles. The molecule has 0 aromatic rings. The molecule has 1 unspecified atom stereocenters. The van der Waals surface area contributed by atoms with Gasteiger partial charge in [-0.25, -0.2) is 0 Å². The molecule has 80 valence electrons. The molecule has 0 aromatic heterocycles. The summed E-state index contributed by atoms with van der Waals surface area (Å²) in [4.78, 5) is 2.38. The van der Waals surface area contributed by atoms with Gasteiger partial charge in [-0.3, -0.25) is 0 Å². The summed E-state index contributed by atoms with van der Waals surface area (Å²) < 4.78 is 0. The van der Waals surface area contributed by atoms with Crippen LogP contribution in [0.4, 0.5) is 0 Å². The van der Waals surface area contributed by atoms with E-state index in [9.17, 15) is 0 Å². The topological polar surface area (TPSA) is 55.3 Å². The summed E-state index contributed by atoms with van der Waals surface area (Å²) in [6.07, 6.45) is 0. The van der Waals surface area contributed by atoms with Crippen molar-refractivity contribution < 1.29 is 0 Å². The first kappa shape index (κ1) is 12.9. The molecule has 3 nitrogen and oxygen atoms in total. The van der Waals surface area contributed by atoms with Crippen LogP contribution >= 0.6 is 0 Å². The lowest BCUT2D eigenvalue weighted by Crippen LogP contribution is -2.49. The average molecular weight is 187 g/mol. The molecule has 0 radical (unpaired) electrons. The van der Waals surface area contributed by atoms with E-state index in [1.54, 1.807) is 0 Å². The Balaban J connectivity index is 4.13. The Bertz CT molecular complexity index is 130. The number of nitrogens with two attached hydrogens (primary N) is 2. The molecule has 0 heterocycles. The van der Waals surface area contributed by atoms with Gasteiger partial charge in [0.05, 0.1) is 0 Å². The minimum Gasteiger partial charge on any atom is -0.329 e. The molecule has 0 aromatic carbocycles. The van der Waals surface area contributed by atoms with Crippen molar-refractivity contribution in [3.8, 4) is 0 Å². The van der Waals surface area contributed by atoms with Gasteiger partial charge in [-0.2, -0.15) is 0 Å². The third-order valence-corrected chi connectivity index (χ3v) is 2.78. The summed E-state index contributed by atoms with van der Waals surface area (Å²) in [7, 11) is 0. The molecule has 0 fully saturated rings. The minimum atomic E-state index is 0.0908. The molecule has 0 saturated heterocycles. The largest absolute Gasteiger partial charge is 0.329 e. The monoisotopic (exact) mass is 187 g/mol. The molecule has 0 bridgehead atoms. The Morgan fingerprint density at radius 3 is 2.00 bits per heavy atom. The highest BCUT2D eigenvalue weighted by Crippen LogP contribution is 2.19. The van der Waals surface area contributed by atoms with Gasteiger partial charge >= 0.3 is 0 Å². The Labute approximate surface area is 82.5 Å². The third-order valence-electron chi connectivity index (χ3n) is 2.78. The summed E-state index contributed by atoms with van der Waals surface area (Å²) >= 11 is 0. The molecule has 0 aliphatic rings. The fraction of sp³-hybridized carbons (Fsp3) is 1.00. The third kappa shape index (κ3) is 4.07. The first-order chi connectivity index (χ1) is 5.97. The second-order valence-corrected chi connectivity index (χ2v) is 4.29. The van der Waals surface area contributed by atoms with E-state index in [2.05, 4.69) is 32.6 Å². The summed E-state index contributed by atoms with van der Waals surface area (Å²) in [5, 5.41) is 0. The maximum absolute atomic E-state index is 5.96. The molecule has 0 spiro atoms. The number of hydrogen-bond acceptors (Lipinski definition) is 3. The Kier molecular flexibility index (Phi) is 5.53. The van der Waals surface area contributed by atoms with Crippen LogP contribution in [0.2, 0.25) is 0 Å². The molecular formula is C10H25N3. The minimum absolute atomic E-state index is 0.0908. The van der Waals surface area contributed by atoms with E-state index in [4.69, 9.17) is 11.5 Å². The summed E-state index contributed by atoms with van der Waals surface area (Å²) in [6, 6.07) is 0.0908. The van der Waals surface area contributed by atoms with Gasteiger partial charge in [0.2, 0.25) is 0 Å². The maximum atomic E-state index is 5.96. The van der Waals surface area contributed by atoms with E-state index in [1.165, 1.54) is 0 Å². The lowest BCUT2D eigenvalue weighted by atomic mass is 9.84. The first-order valence-electron chi connectivity index (χ1n) is 5.15. The van der Waals surface area contributed by atoms with Gasteiger partial charge in [-0.15, -0.1) is 0 Å². The van der Waals surface area contributed by atoms with Gasteiger partial charge in [0.15, 0.2) is 0 Å². The zero-order valence-corrected chi connectivity index (χ0v) is 9.51. The number of rotatable bonds is 6. The van der Waals surface area contributed by atoms with Gasteiger partial charge in [-0.1, -0.05) is 27.7 Å². The van der Waals surface area contributed by atoms with Crippen molar-refractivity contribution in [2.24, 2.45) is 16.9 Å². The molecule has 0 saturated carbocycles. The zero-order valence-electron chi connectivity index (χ0n) is 9.51. The Morgan fingerprint density at radius 1 is 1.23 bits per heavy atom. The lowest BCUT2D eigenvalue weighted by Gasteiger charge is -2.35. The number of nitrogens with zero attached hydrogens (tertiary/aromatic N) is 1. The van der Waals surface area contributed by atoms with Crippen LogP contribution in [0.25, 0.3) is 0 Å². The summed E-state index contributed by atoms with van der Waals surface area (Å²) in [6.45, 7) is 12.5. The smallest absolute Gasteiger partial charge is 0.0227 e. The van der Waals surface area contributed by atoms with Crippen LogP contribution in [0.1, 0.15) is 27.7 Å². The molecule has 1 atom stereocenters. The first-order valence-corrected chi connectivity index (χ1v) is 5.15. The van der Waals surface area contributed by atoms with Crippen molar-refractivity contribution in [3.05, 3.63) is 0 Å². The highest BCUT2D eigenvalue weighted by atomic mass is 15.1. The van der Waals surface area contributed by atoms with Gasteiger partial charge in [0, 0.05) is 19.1 Å². The van der Waals surface area contributed by atoms with E-state index in [-0.39, 0.29) is 11.5 Å². The predicted octanol–water partition coefficient (Wildman–Crippen LogP) is 0.640. The summed E-state index contributed by atoms with van der Waals surface area (Å²) in [5.74, 6) is 0. The molecule has 0 aliphatic carbocycles. The van der Waals surface area contributed by atoms with E-state index in [0.29, 0.717) is 6.54 Å². The van der Waals surface area contributed by atoms with E-state index < -0.39 is 0 Å². The van der Waals surface area contributed by atoms with E-state index >= 15 is 0 Å². The van der Waals surface area contributed by atoms with Crippen LogP contribution in [-0.4, -0.2) is 37.1 Å². The van der Waals surface area contributed by atoms with Crippen LogP contribution in [-0.2, 0) is 0 Å². The highest BCUT2D eigenvalue weighted by molar-refractivity contribution is 4.84. The SMILES string of the molecule is CCN(CC)CC(C)(C)C(N)CN. The van der Waals surface area contributed by atoms with Crippen LogP contribution in [0.3, 0.4) is 0 Å². The quantitative estimate of drug-likeness (QED) is 0.641. The second-order valence-electron chi connectivity index (χ2n) is 4.29. The maximum Gasteiger partial charge on any atom is 0.0227 e. The number of hydrogen-bond donors (Lipinski definition) is 2. The van der Waals surface area contributed by atoms with Gasteiger partial charge in [0.1, 0.15) is 0 Å². The molecule has 0 rings (SSSR count). The standard InChI is InChI=1S/C10H25N3/c1-5-13(6-2)8-10(3,4)9(12)7-11/h9H,5-8,11-12H2,1-4H3. The Morgan fingerprint density at radius 2 is 1.69 bits per heavy atom. The van der Waals surface area contributed by atoms with E-state index in [0.717, 1.165) is 19.6 Å².